The predicted octanol–water partition coefficient (Wildman–Crippen LogP) is 13.7. The second kappa shape index (κ2) is 13.8. The van der Waals surface area contributed by atoms with Gasteiger partial charge < -0.3 is 0 Å². The summed E-state index contributed by atoms with van der Waals surface area (Å²) in [6.45, 7) is 6.70. The fraction of sp³-hybridized carbons (Fsp3) is 0.191. The third-order valence-electron chi connectivity index (χ3n) is 9.78. The van der Waals surface area contributed by atoms with E-state index in [0.717, 1.165) is 32.1 Å². The Bertz CT molecular complexity index is 2150. The highest BCUT2D eigenvalue weighted by molar-refractivity contribution is 6.25. The summed E-state index contributed by atoms with van der Waals surface area (Å²) in [7, 11) is 0. The number of fused-ring (bicyclic) bond motifs is 6. The molecule has 0 nitrogen and oxygen atoms in total. The van der Waals surface area contributed by atoms with Crippen LogP contribution in [0.4, 0.5) is 0 Å². The molecule has 5 aromatic rings. The highest BCUT2D eigenvalue weighted by Gasteiger charge is 2.20. The van der Waals surface area contributed by atoms with Crippen molar-refractivity contribution < 1.29 is 0 Å². The number of rotatable bonds is 8. The molecule has 2 aliphatic rings. The number of allylic oxidation sites excluding steroid dienone is 14. The van der Waals surface area contributed by atoms with Gasteiger partial charge in [0.1, 0.15) is 0 Å². The molecule has 2 aliphatic carbocycles. The first-order valence-electron chi connectivity index (χ1n) is 17.5. The average molecular weight is 609 g/mol. The molecule has 0 heteroatoms. The number of benzene rings is 5. The zero-order chi connectivity index (χ0) is 32.2. The molecule has 1 unspecified atom stereocenters. The van der Waals surface area contributed by atoms with E-state index in [1.54, 1.807) is 0 Å². The zero-order valence-electron chi connectivity index (χ0n) is 28.0. The molecule has 47 heavy (non-hydrogen) atoms. The van der Waals surface area contributed by atoms with Crippen LogP contribution in [-0.2, 0) is 0 Å². The van der Waals surface area contributed by atoms with Crippen molar-refractivity contribution in [1.29, 1.82) is 0 Å². The Hall–Kier alpha value is -4.94. The molecule has 0 saturated carbocycles. The minimum atomic E-state index is 0.356. The van der Waals surface area contributed by atoms with Gasteiger partial charge in [0.25, 0.3) is 0 Å². The molecule has 0 N–H and O–H groups in total. The van der Waals surface area contributed by atoms with Crippen molar-refractivity contribution in [3.8, 4) is 11.1 Å². The summed E-state index contributed by atoms with van der Waals surface area (Å²) < 4.78 is 0. The first kappa shape index (κ1) is 30.7. The van der Waals surface area contributed by atoms with Gasteiger partial charge in [-0.05, 0) is 134 Å². The summed E-state index contributed by atoms with van der Waals surface area (Å²) in [6, 6.07) is 33.9. The maximum atomic E-state index is 2.52. The van der Waals surface area contributed by atoms with E-state index in [-0.39, 0.29) is 0 Å². The van der Waals surface area contributed by atoms with Crippen molar-refractivity contribution >= 4 is 37.9 Å². The van der Waals surface area contributed by atoms with Crippen LogP contribution in [0.3, 0.4) is 0 Å². The molecule has 0 saturated heterocycles. The number of hydrogen-bond donors (Lipinski definition) is 0. The largest absolute Gasteiger partial charge is 0.0871 e. The molecular weight excluding hydrogens is 565 g/mol. The minimum absolute atomic E-state index is 0.356. The van der Waals surface area contributed by atoms with Crippen LogP contribution in [0, 0.1) is 5.92 Å². The molecule has 5 aromatic carbocycles. The Morgan fingerprint density at radius 1 is 0.681 bits per heavy atom. The van der Waals surface area contributed by atoms with Gasteiger partial charge in [0.05, 0.1) is 0 Å². The second-order valence-corrected chi connectivity index (χ2v) is 12.9. The van der Waals surface area contributed by atoms with Gasteiger partial charge in [0.2, 0.25) is 0 Å². The number of unbranched alkanes of at least 4 members (excludes halogenated alkanes) is 1. The monoisotopic (exact) mass is 608 g/mol. The van der Waals surface area contributed by atoms with Crippen molar-refractivity contribution in [2.75, 3.05) is 0 Å². The van der Waals surface area contributed by atoms with Crippen LogP contribution in [0.2, 0.25) is 0 Å². The van der Waals surface area contributed by atoms with Gasteiger partial charge in [-0.1, -0.05) is 142 Å². The molecule has 0 bridgehead atoms. The topological polar surface area (TPSA) is 0 Å². The molecule has 0 aromatic heterocycles. The molecule has 0 amide bonds. The molecule has 1 atom stereocenters. The van der Waals surface area contributed by atoms with Crippen molar-refractivity contribution in [2.24, 2.45) is 5.92 Å². The van der Waals surface area contributed by atoms with Crippen molar-refractivity contribution in [3.05, 3.63) is 174 Å². The lowest BCUT2D eigenvalue weighted by Gasteiger charge is -2.19. The van der Waals surface area contributed by atoms with Crippen molar-refractivity contribution in [3.63, 3.8) is 0 Å². The quantitative estimate of drug-likeness (QED) is 0.121. The first-order chi connectivity index (χ1) is 23.2. The lowest BCUT2D eigenvalue weighted by Crippen LogP contribution is -2.04. The average Bonchev–Trinajstić information content (AvgIpc) is 3.34. The Labute approximate surface area is 280 Å². The van der Waals surface area contributed by atoms with Gasteiger partial charge in [0.15, 0.2) is 0 Å². The van der Waals surface area contributed by atoms with Crippen LogP contribution in [0.5, 0.6) is 0 Å². The van der Waals surface area contributed by atoms with Crippen LogP contribution < -0.4 is 0 Å². The van der Waals surface area contributed by atoms with E-state index < -0.39 is 0 Å². The zero-order valence-corrected chi connectivity index (χ0v) is 28.0. The Morgan fingerprint density at radius 2 is 1.36 bits per heavy atom. The standard InChI is InChI=1S/C47H44/c1-4-7-17-34(16-5-2)39-28-33(6-3)46(35-18-9-8-10-19-35)32-40(30-39)37-21-15-20-36(29-37)38-26-27-45-43-24-12-11-22-41(43)42-23-13-14-25-44(42)47(45)31-38/h5,9,11-33H,4,6-8,10H2,1-3H3. The van der Waals surface area contributed by atoms with Crippen molar-refractivity contribution in [2.45, 2.75) is 52.9 Å². The van der Waals surface area contributed by atoms with Crippen molar-refractivity contribution in [1.82, 2.24) is 0 Å². The van der Waals surface area contributed by atoms with Crippen LogP contribution in [0.1, 0.15) is 58.4 Å². The predicted molar refractivity (Wildman–Crippen MR) is 207 cm³/mol. The lowest BCUT2D eigenvalue weighted by molar-refractivity contribution is 0.733. The van der Waals surface area contributed by atoms with E-state index >= 15 is 0 Å². The van der Waals surface area contributed by atoms with E-state index in [0.29, 0.717) is 5.92 Å². The summed E-state index contributed by atoms with van der Waals surface area (Å²) in [5.41, 5.74) is 10.4. The molecule has 232 valence electrons. The Kier molecular flexibility index (Phi) is 9.02. The molecule has 0 fully saturated rings. The molecule has 0 radical (unpaired) electrons. The van der Waals surface area contributed by atoms with Crippen LogP contribution >= 0.6 is 0 Å². The van der Waals surface area contributed by atoms with E-state index in [4.69, 9.17) is 0 Å². The maximum Gasteiger partial charge on any atom is 0.00305 e. The SMILES string of the molecule is CC=CC(=CCCC)C1=CC(CC)C(C2=CCCC=C2)=CC(c2cccc(-c3ccc4c5ccccc5c5ccccc5c4c3)c2)=C1. The summed E-state index contributed by atoms with van der Waals surface area (Å²) in [5.74, 6) is 0.356. The minimum Gasteiger partial charge on any atom is -0.0871 e. The summed E-state index contributed by atoms with van der Waals surface area (Å²) in [5, 5.41) is 7.86. The Morgan fingerprint density at radius 3 is 2.02 bits per heavy atom. The third-order valence-corrected chi connectivity index (χ3v) is 9.78. The number of hydrogen-bond acceptors (Lipinski definition) is 0. The van der Waals surface area contributed by atoms with Gasteiger partial charge in [-0.25, -0.2) is 0 Å². The highest BCUT2D eigenvalue weighted by atomic mass is 14.2. The van der Waals surface area contributed by atoms with E-state index in [1.807, 2.05) is 0 Å². The molecule has 0 aliphatic heterocycles. The van der Waals surface area contributed by atoms with Gasteiger partial charge in [0, 0.05) is 5.92 Å². The summed E-state index contributed by atoms with van der Waals surface area (Å²) in [6.07, 6.45) is 26.9. The second-order valence-electron chi connectivity index (χ2n) is 12.9. The lowest BCUT2D eigenvalue weighted by atomic mass is 9.85. The fourth-order valence-electron chi connectivity index (χ4n) is 7.37. The Balaban J connectivity index is 1.39. The van der Waals surface area contributed by atoms with E-state index in [9.17, 15) is 0 Å². The molecule has 7 rings (SSSR count). The van der Waals surface area contributed by atoms with E-state index in [2.05, 4.69) is 166 Å². The third kappa shape index (κ3) is 6.13. The van der Waals surface area contributed by atoms with Crippen LogP contribution in [0.15, 0.2) is 168 Å². The van der Waals surface area contributed by atoms with Crippen LogP contribution in [-0.4, -0.2) is 0 Å². The summed E-state index contributed by atoms with van der Waals surface area (Å²) in [4.78, 5) is 0. The van der Waals surface area contributed by atoms with E-state index in [1.165, 1.54) is 76.9 Å². The van der Waals surface area contributed by atoms with Gasteiger partial charge >= 0.3 is 0 Å². The smallest absolute Gasteiger partial charge is 0.00305 e. The fourth-order valence-corrected chi connectivity index (χ4v) is 7.37. The van der Waals surface area contributed by atoms with Crippen LogP contribution in [0.25, 0.3) is 49.0 Å². The first-order valence-corrected chi connectivity index (χ1v) is 17.5. The maximum absolute atomic E-state index is 2.52. The molecule has 0 spiro atoms. The molecular formula is C47H44. The van der Waals surface area contributed by atoms with Gasteiger partial charge in [-0.15, -0.1) is 0 Å². The molecule has 0 heterocycles. The normalized spacial score (nSPS) is 17.2. The van der Waals surface area contributed by atoms with Gasteiger partial charge in [-0.3, -0.25) is 0 Å². The van der Waals surface area contributed by atoms with Gasteiger partial charge in [-0.2, -0.15) is 0 Å². The highest BCUT2D eigenvalue weighted by Crippen LogP contribution is 2.40. The summed E-state index contributed by atoms with van der Waals surface area (Å²) >= 11 is 0.